The average molecular weight is 498 g/mol. The summed E-state index contributed by atoms with van der Waals surface area (Å²) in [5.41, 5.74) is 1.64. The number of fused-ring (bicyclic) bond motifs is 3. The predicted octanol–water partition coefficient (Wildman–Crippen LogP) is 5.70. The van der Waals surface area contributed by atoms with Gasteiger partial charge < -0.3 is 9.29 Å². The number of hydrogen-bond acceptors (Lipinski definition) is 9. The number of carboxylic acids is 1. The largest absolute Gasteiger partial charge is 0.480 e. The summed E-state index contributed by atoms with van der Waals surface area (Å²) in [5, 5.41) is 23.8. The summed E-state index contributed by atoms with van der Waals surface area (Å²) in [7, 11) is 0. The number of thiazole rings is 1. The van der Waals surface area contributed by atoms with Crippen molar-refractivity contribution in [2.45, 2.75) is 17.9 Å². The molecule has 0 radical (unpaired) electrons. The second-order valence-electron chi connectivity index (χ2n) is 7.31. The van der Waals surface area contributed by atoms with Crippen LogP contribution in [0.15, 0.2) is 58.4 Å². The molecule has 1 aliphatic rings. The monoisotopic (exact) mass is 497 g/mol. The fourth-order valence-corrected chi connectivity index (χ4v) is 6.22. The van der Waals surface area contributed by atoms with Gasteiger partial charge in [0.15, 0.2) is 6.04 Å². The molecule has 8 nitrogen and oxygen atoms in total. The molecule has 1 atom stereocenters. The lowest BCUT2D eigenvalue weighted by molar-refractivity contribution is -0.387. The van der Waals surface area contributed by atoms with Crippen molar-refractivity contribution in [3.05, 3.63) is 69.2 Å². The van der Waals surface area contributed by atoms with Gasteiger partial charge in [0.1, 0.15) is 20.7 Å². The van der Waals surface area contributed by atoms with Crippen molar-refractivity contribution in [1.82, 2.24) is 4.98 Å². The molecule has 33 heavy (non-hydrogen) atoms. The molecular formula is C22H15N3O5S3. The molecule has 0 saturated heterocycles. The molecule has 1 aromatic heterocycles. The Labute approximate surface area is 200 Å². The van der Waals surface area contributed by atoms with Crippen LogP contribution in [0.3, 0.4) is 0 Å². The Morgan fingerprint density at radius 1 is 1.24 bits per heavy atom. The third-order valence-corrected chi connectivity index (χ3v) is 8.10. The number of benzene rings is 3. The molecule has 0 spiro atoms. The Balaban J connectivity index is 1.42. The molecule has 1 unspecified atom stereocenters. The minimum atomic E-state index is -0.926. The number of aryl methyl sites for hydroxylation is 1. The number of hydrogen-bond donors (Lipinski definition) is 1. The van der Waals surface area contributed by atoms with Crippen LogP contribution in [0.2, 0.25) is 0 Å². The van der Waals surface area contributed by atoms with Gasteiger partial charge >= 0.3 is 5.97 Å². The number of aliphatic carboxylic acids is 1. The van der Waals surface area contributed by atoms with Crippen LogP contribution in [0.25, 0.3) is 21.0 Å². The van der Waals surface area contributed by atoms with E-state index in [2.05, 4.69) is 9.98 Å². The zero-order valence-electron chi connectivity index (χ0n) is 17.0. The zero-order valence-corrected chi connectivity index (χ0v) is 19.5. The highest BCUT2D eigenvalue weighted by Gasteiger charge is 2.27. The second kappa shape index (κ2) is 8.65. The van der Waals surface area contributed by atoms with Crippen LogP contribution in [0.4, 0.5) is 5.69 Å². The van der Waals surface area contributed by atoms with Crippen LogP contribution >= 0.6 is 35.1 Å². The number of carboxylic acid groups (broad SMARTS) is 1. The van der Waals surface area contributed by atoms with Crippen molar-refractivity contribution in [2.24, 2.45) is 4.99 Å². The molecule has 5 rings (SSSR count). The molecule has 0 aliphatic carbocycles. The van der Waals surface area contributed by atoms with E-state index in [1.165, 1.54) is 29.2 Å². The maximum atomic E-state index is 11.3. The van der Waals surface area contributed by atoms with Crippen molar-refractivity contribution in [3.8, 4) is 5.75 Å². The van der Waals surface area contributed by atoms with Gasteiger partial charge in [-0.15, -0.1) is 23.1 Å². The molecular weight excluding hydrogens is 482 g/mol. The SMILES string of the molecule is Cc1ccc(SOc2ccc3c(ccc4nc(C5=NC(C(=O)O)CS5)sc43)c2)c([N+](=O)[O-])c1. The van der Waals surface area contributed by atoms with Crippen LogP contribution in [0.1, 0.15) is 10.6 Å². The Hall–Kier alpha value is -3.15. The van der Waals surface area contributed by atoms with E-state index in [-0.39, 0.29) is 5.69 Å². The van der Waals surface area contributed by atoms with E-state index in [1.54, 1.807) is 13.0 Å². The summed E-state index contributed by atoms with van der Waals surface area (Å²) in [6.07, 6.45) is 0. The van der Waals surface area contributed by atoms with Crippen molar-refractivity contribution in [2.75, 3.05) is 5.75 Å². The molecule has 0 bridgehead atoms. The number of thioether (sulfide) groups is 1. The van der Waals surface area contributed by atoms with E-state index in [0.29, 0.717) is 26.4 Å². The lowest BCUT2D eigenvalue weighted by Gasteiger charge is -2.07. The van der Waals surface area contributed by atoms with E-state index in [1.807, 2.05) is 36.4 Å². The lowest BCUT2D eigenvalue weighted by atomic mass is 10.1. The van der Waals surface area contributed by atoms with Gasteiger partial charge in [0.2, 0.25) is 0 Å². The summed E-state index contributed by atoms with van der Waals surface area (Å²) in [5.74, 6) is 0.0654. The van der Waals surface area contributed by atoms with E-state index in [9.17, 15) is 20.0 Å². The lowest BCUT2D eigenvalue weighted by Crippen LogP contribution is -2.17. The van der Waals surface area contributed by atoms with Gasteiger partial charge in [0.05, 0.1) is 27.2 Å². The first kappa shape index (κ1) is 21.7. The fourth-order valence-electron chi connectivity index (χ4n) is 3.39. The molecule has 0 amide bonds. The average Bonchev–Trinajstić information content (AvgIpc) is 3.45. The van der Waals surface area contributed by atoms with Gasteiger partial charge in [-0.25, -0.2) is 9.78 Å². The maximum absolute atomic E-state index is 11.3. The van der Waals surface area contributed by atoms with E-state index in [0.717, 1.165) is 38.6 Å². The van der Waals surface area contributed by atoms with E-state index in [4.69, 9.17) is 4.18 Å². The number of aliphatic imine (C=N–C) groups is 1. The summed E-state index contributed by atoms with van der Waals surface area (Å²) >= 11 is 3.85. The van der Waals surface area contributed by atoms with Crippen LogP contribution in [0, 0.1) is 17.0 Å². The highest BCUT2D eigenvalue weighted by molar-refractivity contribution is 8.15. The first-order valence-electron chi connectivity index (χ1n) is 9.76. The van der Waals surface area contributed by atoms with Gasteiger partial charge in [-0.1, -0.05) is 12.1 Å². The molecule has 4 aromatic rings. The van der Waals surface area contributed by atoms with Crippen molar-refractivity contribution < 1.29 is 19.0 Å². The minimum Gasteiger partial charge on any atom is -0.480 e. The first-order valence-corrected chi connectivity index (χ1v) is 12.3. The minimum absolute atomic E-state index is 0.0116. The quantitative estimate of drug-likeness (QED) is 0.205. The fraction of sp³-hybridized carbons (Fsp3) is 0.136. The predicted molar refractivity (Wildman–Crippen MR) is 132 cm³/mol. The standard InChI is InChI=1S/C22H15N3O5S3/c1-11-2-7-18(17(8-11)25(28)29)33-30-13-4-5-14-12(9-13)3-6-15-19(14)32-21(23-15)20-24-16(10-31-20)22(26)27/h2-9,16H,10H2,1H3,(H,26,27). The molecule has 2 heterocycles. The van der Waals surface area contributed by atoms with Crippen LogP contribution in [0.5, 0.6) is 5.75 Å². The normalized spacial score (nSPS) is 15.7. The number of carbonyl (C=O) groups is 1. The van der Waals surface area contributed by atoms with Crippen molar-refractivity contribution in [1.29, 1.82) is 0 Å². The molecule has 166 valence electrons. The summed E-state index contributed by atoms with van der Waals surface area (Å²) in [4.78, 5) is 31.5. The second-order valence-corrected chi connectivity index (χ2v) is 10.1. The number of nitrogens with zero attached hydrogens (tertiary/aromatic N) is 3. The highest BCUT2D eigenvalue weighted by Crippen LogP contribution is 2.37. The topological polar surface area (TPSA) is 115 Å². The van der Waals surface area contributed by atoms with Crippen LogP contribution < -0.4 is 4.18 Å². The van der Waals surface area contributed by atoms with Gasteiger partial charge in [-0.2, -0.15) is 0 Å². The number of nitro groups is 1. The number of rotatable bonds is 6. The van der Waals surface area contributed by atoms with Gasteiger partial charge in [-0.05, 0) is 48.2 Å². The molecule has 0 fully saturated rings. The number of nitro benzene ring substituents is 1. The Morgan fingerprint density at radius 2 is 2.09 bits per heavy atom. The molecule has 0 saturated carbocycles. The smallest absolute Gasteiger partial charge is 0.329 e. The van der Waals surface area contributed by atoms with Crippen LogP contribution in [-0.2, 0) is 4.79 Å². The molecule has 11 heteroatoms. The third kappa shape index (κ3) is 4.26. The zero-order chi connectivity index (χ0) is 23.1. The van der Waals surface area contributed by atoms with Gasteiger partial charge in [-0.3, -0.25) is 15.1 Å². The van der Waals surface area contributed by atoms with Gasteiger partial charge in [0.25, 0.3) is 5.69 Å². The maximum Gasteiger partial charge on any atom is 0.329 e. The van der Waals surface area contributed by atoms with E-state index >= 15 is 0 Å². The highest BCUT2D eigenvalue weighted by atomic mass is 32.2. The van der Waals surface area contributed by atoms with Crippen LogP contribution in [-0.4, -0.2) is 37.8 Å². The number of aromatic nitrogens is 1. The summed E-state index contributed by atoms with van der Waals surface area (Å²) < 4.78 is 6.77. The van der Waals surface area contributed by atoms with Crippen molar-refractivity contribution in [3.63, 3.8) is 0 Å². The molecule has 1 aliphatic heterocycles. The Morgan fingerprint density at radius 3 is 2.85 bits per heavy atom. The molecule has 3 aromatic carbocycles. The molecule has 1 N–H and O–H groups in total. The van der Waals surface area contributed by atoms with Gasteiger partial charge in [0, 0.05) is 17.2 Å². The Bertz CT molecular complexity index is 1470. The summed E-state index contributed by atoms with van der Waals surface area (Å²) in [6, 6.07) is 13.8. The van der Waals surface area contributed by atoms with E-state index < -0.39 is 16.9 Å². The van der Waals surface area contributed by atoms with Crippen molar-refractivity contribution >= 4 is 72.8 Å². The first-order chi connectivity index (χ1) is 15.9. The summed E-state index contributed by atoms with van der Waals surface area (Å²) in [6.45, 7) is 1.81. The third-order valence-electron chi connectivity index (χ3n) is 5.00. The Kier molecular flexibility index (Phi) is 5.69.